The first kappa shape index (κ1) is 25.7. The van der Waals surface area contributed by atoms with E-state index in [0.29, 0.717) is 36.6 Å². The molecule has 0 amide bonds. The van der Waals surface area contributed by atoms with Crippen LogP contribution in [0.5, 0.6) is 0 Å². The number of imidazole rings is 2. The number of carboxylic acids is 1. The molecule has 3 aromatic carbocycles. The fourth-order valence-electron chi connectivity index (χ4n) is 5.85. The van der Waals surface area contributed by atoms with Crippen LogP contribution in [0.25, 0.3) is 22.1 Å². The van der Waals surface area contributed by atoms with Gasteiger partial charge in [-0.05, 0) is 60.4 Å². The number of hydrogen-bond acceptors (Lipinski definition) is 5. The fourth-order valence-corrected chi connectivity index (χ4v) is 6.01. The van der Waals surface area contributed by atoms with Crippen molar-refractivity contribution in [2.24, 2.45) is 5.41 Å². The smallest absolute Gasteiger partial charge is 0.335 e. The van der Waals surface area contributed by atoms with Crippen LogP contribution in [0.3, 0.4) is 0 Å². The van der Waals surface area contributed by atoms with Gasteiger partial charge in [-0.2, -0.15) is 5.26 Å². The van der Waals surface area contributed by atoms with Crippen LogP contribution < -0.4 is 0 Å². The van der Waals surface area contributed by atoms with Crippen molar-refractivity contribution < 1.29 is 14.3 Å². The molecule has 1 fully saturated rings. The molecule has 1 aliphatic carbocycles. The molecule has 8 nitrogen and oxygen atoms in total. The average molecular weight is 569 g/mol. The van der Waals surface area contributed by atoms with Crippen molar-refractivity contribution in [3.05, 3.63) is 93.8 Å². The van der Waals surface area contributed by atoms with Gasteiger partial charge in [0.25, 0.3) is 0 Å². The third kappa shape index (κ3) is 4.63. The highest BCUT2D eigenvalue weighted by Crippen LogP contribution is 2.47. The van der Waals surface area contributed by atoms with Crippen molar-refractivity contribution in [1.82, 2.24) is 24.0 Å². The van der Waals surface area contributed by atoms with E-state index in [4.69, 9.17) is 21.6 Å². The summed E-state index contributed by atoms with van der Waals surface area (Å²) in [5, 5.41) is 19.7. The van der Waals surface area contributed by atoms with Crippen LogP contribution in [0.1, 0.15) is 46.0 Å². The maximum absolute atomic E-state index is 14.6. The molecular formula is C31H26ClFN6O2. The second-order valence-corrected chi connectivity index (χ2v) is 11.5. The van der Waals surface area contributed by atoms with E-state index in [1.807, 2.05) is 16.7 Å². The topological polar surface area (TPSA) is 100.0 Å². The van der Waals surface area contributed by atoms with E-state index < -0.39 is 11.4 Å². The lowest BCUT2D eigenvalue weighted by molar-refractivity contribution is 0.0697. The number of rotatable bonds is 7. The Bertz CT molecular complexity index is 1900. The van der Waals surface area contributed by atoms with Crippen molar-refractivity contribution in [2.45, 2.75) is 45.4 Å². The molecule has 0 unspecified atom stereocenters. The second-order valence-electron chi connectivity index (χ2n) is 11.1. The van der Waals surface area contributed by atoms with Crippen LogP contribution in [0, 0.1) is 22.6 Å². The number of halogens is 2. The van der Waals surface area contributed by atoms with Gasteiger partial charge in [0.15, 0.2) is 0 Å². The normalized spacial score (nSPS) is 16.1. The van der Waals surface area contributed by atoms with Gasteiger partial charge in [0.2, 0.25) is 0 Å². The molecule has 5 aromatic rings. The van der Waals surface area contributed by atoms with Gasteiger partial charge >= 0.3 is 5.97 Å². The molecule has 1 aliphatic heterocycles. The summed E-state index contributed by atoms with van der Waals surface area (Å²) in [7, 11) is 0. The number of nitrogens with zero attached hydrogens (tertiary/aromatic N) is 6. The van der Waals surface area contributed by atoms with Crippen LogP contribution in [0.2, 0.25) is 5.02 Å². The minimum absolute atomic E-state index is 0.202. The Labute approximate surface area is 240 Å². The zero-order valence-electron chi connectivity index (χ0n) is 22.1. The number of para-hydroxylation sites is 1. The van der Waals surface area contributed by atoms with E-state index in [-0.39, 0.29) is 11.4 Å². The molecule has 0 spiro atoms. The fraction of sp³-hybridized carbons (Fsp3) is 0.290. The van der Waals surface area contributed by atoms with Crippen LogP contribution in [0.15, 0.2) is 54.6 Å². The van der Waals surface area contributed by atoms with Gasteiger partial charge < -0.3 is 14.2 Å². The van der Waals surface area contributed by atoms with Crippen LogP contribution in [0.4, 0.5) is 4.39 Å². The lowest BCUT2D eigenvalue weighted by atomic mass is 10.0. The van der Waals surface area contributed by atoms with Gasteiger partial charge in [-0.15, -0.1) is 0 Å². The molecule has 0 bridgehead atoms. The summed E-state index contributed by atoms with van der Waals surface area (Å²) < 4.78 is 18.8. The Kier molecular flexibility index (Phi) is 6.07. The number of hydrogen-bond donors (Lipinski definition) is 1. The predicted octanol–water partition coefficient (Wildman–Crippen LogP) is 5.79. The first-order valence-corrected chi connectivity index (χ1v) is 14.0. The monoisotopic (exact) mass is 568 g/mol. The van der Waals surface area contributed by atoms with E-state index in [2.05, 4.69) is 21.6 Å². The van der Waals surface area contributed by atoms with Crippen molar-refractivity contribution in [3.8, 4) is 6.07 Å². The Morgan fingerprint density at radius 2 is 1.93 bits per heavy atom. The molecule has 3 heterocycles. The van der Waals surface area contributed by atoms with Crippen LogP contribution in [-0.4, -0.2) is 41.6 Å². The number of aromatic nitrogens is 4. The standard InChI is InChI=1S/C31H26ClFN6O2/c32-22-6-4-19(23(33)14-22)12-20-2-1-3-25-29(20)36-28-16-37(10-11-38(25)28)15-27-35-24-7-5-21(30(40)41)13-26(24)39(27)18-31(17-34)8-9-31/h1-7,13-14H,8-12,15-16,18H2,(H,40,41). The summed E-state index contributed by atoms with van der Waals surface area (Å²) in [4.78, 5) is 23.8. The second kappa shape index (κ2) is 9.68. The number of carbonyl (C=O) groups is 1. The molecule has 0 radical (unpaired) electrons. The molecule has 10 heteroatoms. The van der Waals surface area contributed by atoms with Gasteiger partial charge in [-0.25, -0.2) is 19.2 Å². The van der Waals surface area contributed by atoms with Gasteiger partial charge in [0, 0.05) is 31.1 Å². The lowest BCUT2D eigenvalue weighted by Crippen LogP contribution is -2.34. The van der Waals surface area contributed by atoms with Gasteiger partial charge in [0.1, 0.15) is 17.5 Å². The van der Waals surface area contributed by atoms with Crippen LogP contribution in [-0.2, 0) is 32.6 Å². The third-order valence-corrected chi connectivity index (χ3v) is 8.57. The van der Waals surface area contributed by atoms with Crippen molar-refractivity contribution in [2.75, 3.05) is 6.54 Å². The van der Waals surface area contributed by atoms with Gasteiger partial charge in [0.05, 0.1) is 52.2 Å². The Morgan fingerprint density at radius 3 is 2.68 bits per heavy atom. The van der Waals surface area contributed by atoms with Crippen LogP contribution >= 0.6 is 11.6 Å². The molecule has 1 saturated carbocycles. The molecule has 2 aromatic heterocycles. The number of carboxylic acid groups (broad SMARTS) is 1. The zero-order chi connectivity index (χ0) is 28.3. The van der Waals surface area contributed by atoms with Gasteiger partial charge in [-0.1, -0.05) is 29.8 Å². The van der Waals surface area contributed by atoms with E-state index in [1.165, 1.54) is 6.07 Å². The quantitative estimate of drug-likeness (QED) is 0.267. The van der Waals surface area contributed by atoms with E-state index in [1.54, 1.807) is 30.3 Å². The number of benzene rings is 3. The number of aromatic carboxylic acids is 1. The summed E-state index contributed by atoms with van der Waals surface area (Å²) in [5.74, 6) is 0.428. The summed E-state index contributed by atoms with van der Waals surface area (Å²) in [6.07, 6.45) is 2.08. The first-order chi connectivity index (χ1) is 19.8. The largest absolute Gasteiger partial charge is 0.478 e. The maximum Gasteiger partial charge on any atom is 0.335 e. The minimum atomic E-state index is -0.990. The molecule has 7 rings (SSSR count). The molecule has 1 N–H and O–H groups in total. The molecule has 2 aliphatic rings. The van der Waals surface area contributed by atoms with E-state index in [0.717, 1.165) is 65.2 Å². The van der Waals surface area contributed by atoms with E-state index in [9.17, 15) is 19.6 Å². The van der Waals surface area contributed by atoms with Crippen molar-refractivity contribution >= 4 is 39.6 Å². The molecule has 41 heavy (non-hydrogen) atoms. The average Bonchev–Trinajstić information content (AvgIpc) is 3.53. The number of fused-ring (bicyclic) bond motifs is 4. The molecular weight excluding hydrogens is 543 g/mol. The highest BCUT2D eigenvalue weighted by Gasteiger charge is 2.44. The Hall–Kier alpha value is -4.26. The predicted molar refractivity (Wildman–Crippen MR) is 152 cm³/mol. The summed E-state index contributed by atoms with van der Waals surface area (Å²) in [6.45, 7) is 3.17. The SMILES string of the molecule is N#CC1(Cn2c(CN3CCn4c(nc5c(Cc6ccc(Cl)cc6F)cccc54)C3)nc3ccc(C(=O)O)cc32)CC1. The Balaban J connectivity index is 1.19. The summed E-state index contributed by atoms with van der Waals surface area (Å²) in [5.41, 5.74) is 4.68. The van der Waals surface area contributed by atoms with Crippen molar-refractivity contribution in [3.63, 3.8) is 0 Å². The highest BCUT2D eigenvalue weighted by molar-refractivity contribution is 6.30. The van der Waals surface area contributed by atoms with Gasteiger partial charge in [-0.3, -0.25) is 4.90 Å². The zero-order valence-corrected chi connectivity index (χ0v) is 22.9. The molecule has 0 saturated heterocycles. The highest BCUT2D eigenvalue weighted by atomic mass is 35.5. The van der Waals surface area contributed by atoms with Crippen molar-refractivity contribution in [1.29, 1.82) is 5.26 Å². The first-order valence-electron chi connectivity index (χ1n) is 13.6. The number of nitriles is 1. The van der Waals surface area contributed by atoms with E-state index >= 15 is 0 Å². The molecule has 206 valence electrons. The summed E-state index contributed by atoms with van der Waals surface area (Å²) in [6, 6.07) is 18.2. The summed E-state index contributed by atoms with van der Waals surface area (Å²) >= 11 is 5.95. The maximum atomic E-state index is 14.6. The Morgan fingerprint density at radius 1 is 1.07 bits per heavy atom. The molecule has 0 atom stereocenters. The minimum Gasteiger partial charge on any atom is -0.478 e. The third-order valence-electron chi connectivity index (χ3n) is 8.33. The lowest BCUT2D eigenvalue weighted by Gasteiger charge is -2.28.